The Morgan fingerprint density at radius 2 is 2.39 bits per heavy atom. The van der Waals surface area contributed by atoms with Crippen LogP contribution >= 0.6 is 11.6 Å². The van der Waals surface area contributed by atoms with E-state index < -0.39 is 6.10 Å². The number of aromatic nitrogens is 1. The monoisotopic (exact) mass is 268 g/mol. The van der Waals surface area contributed by atoms with E-state index in [4.69, 9.17) is 11.6 Å². The number of likely N-dealkylation sites (tertiary alicyclic amines) is 1. The Morgan fingerprint density at radius 1 is 1.61 bits per heavy atom. The molecule has 1 N–H and O–H groups in total. The number of hydrogen-bond acceptors (Lipinski definition) is 3. The van der Waals surface area contributed by atoms with Crippen LogP contribution in [0, 0.1) is 0 Å². The zero-order valence-electron chi connectivity index (χ0n) is 10.4. The summed E-state index contributed by atoms with van der Waals surface area (Å²) >= 11 is 5.91. The molecule has 1 aliphatic heterocycles. The van der Waals surface area contributed by atoms with Gasteiger partial charge in [-0.1, -0.05) is 18.5 Å². The topological polar surface area (TPSA) is 53.4 Å². The number of carbonyl (C=O) groups excluding carboxylic acids is 1. The normalized spacial score (nSPS) is 19.9. The molecule has 5 heteroatoms. The molecule has 0 radical (unpaired) electrons. The number of hydrogen-bond donors (Lipinski definition) is 1. The fourth-order valence-electron chi connectivity index (χ4n) is 2.18. The van der Waals surface area contributed by atoms with Crippen LogP contribution < -0.4 is 0 Å². The van der Waals surface area contributed by atoms with Crippen molar-refractivity contribution in [1.29, 1.82) is 0 Å². The highest BCUT2D eigenvalue weighted by atomic mass is 35.5. The van der Waals surface area contributed by atoms with Gasteiger partial charge in [0.15, 0.2) is 0 Å². The Morgan fingerprint density at radius 3 is 3.06 bits per heavy atom. The lowest BCUT2D eigenvalue weighted by Crippen LogP contribution is -2.42. The average Bonchev–Trinajstić information content (AvgIpc) is 2.37. The second-order valence-electron chi connectivity index (χ2n) is 4.57. The number of piperidine rings is 1. The number of β-amino-alcohol motifs (C(OH)–C–C–N with tert-alkyl or cyclic N) is 1. The van der Waals surface area contributed by atoms with Gasteiger partial charge in [0.1, 0.15) is 5.15 Å². The van der Waals surface area contributed by atoms with Gasteiger partial charge in [0.05, 0.1) is 6.10 Å². The molecule has 1 aliphatic rings. The molecule has 1 unspecified atom stereocenters. The van der Waals surface area contributed by atoms with Gasteiger partial charge in [-0.15, -0.1) is 0 Å². The summed E-state index contributed by atoms with van der Waals surface area (Å²) in [5.41, 5.74) is 1.37. The molecule has 98 valence electrons. The summed E-state index contributed by atoms with van der Waals surface area (Å²) < 4.78 is 0. The largest absolute Gasteiger partial charge is 0.391 e. The quantitative estimate of drug-likeness (QED) is 0.834. The Hall–Kier alpha value is -1.13. The lowest BCUT2D eigenvalue weighted by molar-refractivity contribution is 0.0473. The Kier molecular flexibility index (Phi) is 4.19. The molecule has 1 aromatic heterocycles. The van der Waals surface area contributed by atoms with Crippen molar-refractivity contribution in [3.63, 3.8) is 0 Å². The van der Waals surface area contributed by atoms with Crippen molar-refractivity contribution < 1.29 is 9.90 Å². The highest BCUT2D eigenvalue weighted by Crippen LogP contribution is 2.17. The van der Waals surface area contributed by atoms with Gasteiger partial charge in [-0.2, -0.15) is 0 Å². The molecule has 2 heterocycles. The summed E-state index contributed by atoms with van der Waals surface area (Å²) in [4.78, 5) is 18.1. The van der Waals surface area contributed by atoms with E-state index in [2.05, 4.69) is 4.98 Å². The molecule has 1 amide bonds. The highest BCUT2D eigenvalue weighted by Gasteiger charge is 2.23. The fourth-order valence-corrected chi connectivity index (χ4v) is 2.40. The number of nitrogens with zero attached hydrogens (tertiary/aromatic N) is 2. The van der Waals surface area contributed by atoms with E-state index >= 15 is 0 Å². The summed E-state index contributed by atoms with van der Waals surface area (Å²) in [7, 11) is 0. The molecule has 1 atom stereocenters. The van der Waals surface area contributed by atoms with Crippen LogP contribution in [0.15, 0.2) is 12.1 Å². The van der Waals surface area contributed by atoms with Gasteiger partial charge in [-0.3, -0.25) is 4.79 Å². The molecule has 0 aliphatic carbocycles. The van der Waals surface area contributed by atoms with Gasteiger partial charge >= 0.3 is 0 Å². The Labute approximate surface area is 112 Å². The smallest absolute Gasteiger partial charge is 0.254 e. The number of halogens is 1. The predicted octanol–water partition coefficient (Wildman–Crippen LogP) is 1.89. The molecule has 1 fully saturated rings. The summed E-state index contributed by atoms with van der Waals surface area (Å²) in [6.07, 6.45) is 1.93. The van der Waals surface area contributed by atoms with Gasteiger partial charge in [0.25, 0.3) is 5.91 Å². The van der Waals surface area contributed by atoms with E-state index in [1.807, 2.05) is 6.92 Å². The van der Waals surface area contributed by atoms with Crippen molar-refractivity contribution in [3.8, 4) is 0 Å². The minimum Gasteiger partial charge on any atom is -0.391 e. The van der Waals surface area contributed by atoms with Crippen molar-refractivity contribution in [2.45, 2.75) is 32.3 Å². The molecule has 0 aromatic carbocycles. The minimum atomic E-state index is -0.411. The SMILES string of the molecule is CCc1cc(C(=O)N2CCCC(O)C2)cc(Cl)n1. The lowest BCUT2D eigenvalue weighted by atomic mass is 10.1. The molecule has 0 bridgehead atoms. The first-order valence-corrected chi connectivity index (χ1v) is 6.61. The summed E-state index contributed by atoms with van der Waals surface area (Å²) in [6.45, 7) is 3.06. The van der Waals surface area contributed by atoms with Crippen LogP contribution in [-0.4, -0.2) is 40.1 Å². The molecular weight excluding hydrogens is 252 g/mol. The first kappa shape index (κ1) is 13.3. The van der Waals surface area contributed by atoms with E-state index in [-0.39, 0.29) is 5.91 Å². The number of aliphatic hydroxyl groups is 1. The Bertz CT molecular complexity index is 451. The van der Waals surface area contributed by atoms with Gasteiger partial charge in [-0.05, 0) is 31.4 Å². The maximum Gasteiger partial charge on any atom is 0.254 e. The molecule has 18 heavy (non-hydrogen) atoms. The average molecular weight is 269 g/mol. The molecule has 4 nitrogen and oxygen atoms in total. The van der Waals surface area contributed by atoms with Gasteiger partial charge < -0.3 is 10.0 Å². The fraction of sp³-hybridized carbons (Fsp3) is 0.538. The maximum absolute atomic E-state index is 12.3. The van der Waals surface area contributed by atoms with E-state index in [1.165, 1.54) is 0 Å². The maximum atomic E-state index is 12.3. The van der Waals surface area contributed by atoms with Crippen molar-refractivity contribution in [2.75, 3.05) is 13.1 Å². The van der Waals surface area contributed by atoms with Gasteiger partial charge in [-0.25, -0.2) is 4.98 Å². The number of pyridine rings is 1. The zero-order chi connectivity index (χ0) is 13.1. The lowest BCUT2D eigenvalue weighted by Gasteiger charge is -2.30. The predicted molar refractivity (Wildman–Crippen MR) is 69.8 cm³/mol. The van der Waals surface area contributed by atoms with Crippen molar-refractivity contribution in [1.82, 2.24) is 9.88 Å². The Balaban J connectivity index is 2.19. The third-order valence-electron chi connectivity index (χ3n) is 3.14. The highest BCUT2D eigenvalue weighted by molar-refractivity contribution is 6.29. The van der Waals surface area contributed by atoms with Crippen LogP contribution in [0.3, 0.4) is 0 Å². The minimum absolute atomic E-state index is 0.0762. The first-order chi connectivity index (χ1) is 8.60. The molecular formula is C13H17ClN2O2. The van der Waals surface area contributed by atoms with Crippen molar-refractivity contribution in [3.05, 3.63) is 28.5 Å². The molecule has 2 rings (SSSR count). The number of aryl methyl sites for hydroxylation is 1. The van der Waals surface area contributed by atoms with Crippen LogP contribution in [-0.2, 0) is 6.42 Å². The van der Waals surface area contributed by atoms with Crippen molar-refractivity contribution >= 4 is 17.5 Å². The van der Waals surface area contributed by atoms with Crippen LogP contribution in [0.5, 0.6) is 0 Å². The van der Waals surface area contributed by atoms with Gasteiger partial charge in [0, 0.05) is 24.3 Å². The van der Waals surface area contributed by atoms with Crippen LogP contribution in [0.4, 0.5) is 0 Å². The van der Waals surface area contributed by atoms with Gasteiger partial charge in [0.2, 0.25) is 0 Å². The van der Waals surface area contributed by atoms with E-state index in [9.17, 15) is 9.90 Å². The third kappa shape index (κ3) is 3.00. The van der Waals surface area contributed by atoms with Crippen LogP contribution in [0.25, 0.3) is 0 Å². The summed E-state index contributed by atoms with van der Waals surface area (Å²) in [5.74, 6) is -0.0762. The molecule has 1 saturated heterocycles. The number of amides is 1. The van der Waals surface area contributed by atoms with E-state index in [0.29, 0.717) is 23.8 Å². The first-order valence-electron chi connectivity index (χ1n) is 6.24. The molecule has 1 aromatic rings. The van der Waals surface area contributed by atoms with Crippen LogP contribution in [0.1, 0.15) is 35.8 Å². The summed E-state index contributed by atoms with van der Waals surface area (Å²) in [5, 5.41) is 9.94. The second-order valence-corrected chi connectivity index (χ2v) is 4.96. The van der Waals surface area contributed by atoms with Crippen LogP contribution in [0.2, 0.25) is 5.15 Å². The number of rotatable bonds is 2. The van der Waals surface area contributed by atoms with E-state index in [0.717, 1.165) is 25.0 Å². The summed E-state index contributed by atoms with van der Waals surface area (Å²) in [6, 6.07) is 3.36. The molecule has 0 spiro atoms. The van der Waals surface area contributed by atoms with Crippen molar-refractivity contribution in [2.24, 2.45) is 0 Å². The van der Waals surface area contributed by atoms with E-state index in [1.54, 1.807) is 17.0 Å². The number of carbonyl (C=O) groups is 1. The molecule has 0 saturated carbocycles. The standard InChI is InChI=1S/C13H17ClN2O2/c1-2-10-6-9(7-12(14)15-10)13(18)16-5-3-4-11(17)8-16/h6-7,11,17H,2-5,8H2,1H3. The zero-order valence-corrected chi connectivity index (χ0v) is 11.2. The third-order valence-corrected chi connectivity index (χ3v) is 3.33. The number of aliphatic hydroxyl groups excluding tert-OH is 1. The second kappa shape index (κ2) is 5.67.